The first-order chi connectivity index (χ1) is 16.1. The van der Waals surface area contributed by atoms with Crippen molar-refractivity contribution in [1.82, 2.24) is 5.32 Å². The van der Waals surface area contributed by atoms with Gasteiger partial charge in [0.25, 0.3) is 5.91 Å². The summed E-state index contributed by atoms with van der Waals surface area (Å²) in [4.78, 5) is 24.5. The lowest BCUT2D eigenvalue weighted by Gasteiger charge is -2.16. The molecule has 1 amide bonds. The molecule has 180 valence electrons. The number of benzene rings is 2. The second-order valence-corrected chi connectivity index (χ2v) is 9.33. The minimum absolute atomic E-state index is 0.316. The number of carbonyl (C=O) groups is 2. The van der Waals surface area contributed by atoms with E-state index >= 15 is 0 Å². The molecule has 0 saturated carbocycles. The summed E-state index contributed by atoms with van der Waals surface area (Å²) in [6.45, 7) is 2.23. The minimum Gasteiger partial charge on any atom is -0.480 e. The quantitative estimate of drug-likeness (QED) is 0.245. The van der Waals surface area contributed by atoms with Crippen molar-refractivity contribution >= 4 is 23.6 Å². The zero-order valence-electron chi connectivity index (χ0n) is 19.6. The van der Waals surface area contributed by atoms with Crippen LogP contribution >= 0.6 is 11.8 Å². The third-order valence-corrected chi connectivity index (χ3v) is 6.53. The Morgan fingerprint density at radius 2 is 1.48 bits per heavy atom. The zero-order chi connectivity index (χ0) is 23.7. The Morgan fingerprint density at radius 3 is 2.15 bits per heavy atom. The van der Waals surface area contributed by atoms with Gasteiger partial charge in [-0.2, -0.15) is 11.8 Å². The van der Waals surface area contributed by atoms with Gasteiger partial charge in [-0.1, -0.05) is 88.6 Å². The van der Waals surface area contributed by atoms with Gasteiger partial charge in [0.05, 0.1) is 5.56 Å². The van der Waals surface area contributed by atoms with E-state index in [4.69, 9.17) is 4.74 Å². The van der Waals surface area contributed by atoms with Gasteiger partial charge in [0.15, 0.2) is 0 Å². The van der Waals surface area contributed by atoms with Crippen molar-refractivity contribution < 1.29 is 19.4 Å². The maximum atomic E-state index is 12.8. The lowest BCUT2D eigenvalue weighted by Crippen LogP contribution is -2.42. The van der Waals surface area contributed by atoms with E-state index in [1.165, 1.54) is 51.4 Å². The second kappa shape index (κ2) is 16.2. The Hall–Kier alpha value is -2.47. The summed E-state index contributed by atoms with van der Waals surface area (Å²) >= 11 is 1.58. The van der Waals surface area contributed by atoms with Crippen molar-refractivity contribution in [2.45, 2.75) is 70.8 Å². The number of hydrogen-bond donors (Lipinski definition) is 2. The molecule has 5 nitrogen and oxygen atoms in total. The summed E-state index contributed by atoms with van der Waals surface area (Å²) in [5.41, 5.74) is 0.316. The van der Waals surface area contributed by atoms with Gasteiger partial charge in [-0.05, 0) is 36.4 Å². The van der Waals surface area contributed by atoms with Crippen LogP contribution in [0.1, 0.15) is 75.1 Å². The maximum Gasteiger partial charge on any atom is 0.327 e. The predicted octanol–water partition coefficient (Wildman–Crippen LogP) is 6.93. The van der Waals surface area contributed by atoms with Gasteiger partial charge in [-0.3, -0.25) is 4.79 Å². The van der Waals surface area contributed by atoms with E-state index < -0.39 is 17.9 Å². The highest BCUT2D eigenvalue weighted by atomic mass is 32.2. The van der Waals surface area contributed by atoms with Gasteiger partial charge in [-0.25, -0.2) is 4.79 Å². The third-order valence-electron chi connectivity index (χ3n) is 5.38. The summed E-state index contributed by atoms with van der Waals surface area (Å²) in [7, 11) is 0. The number of rotatable bonds is 17. The van der Waals surface area contributed by atoms with Crippen molar-refractivity contribution in [2.75, 3.05) is 11.5 Å². The van der Waals surface area contributed by atoms with E-state index in [2.05, 4.69) is 12.2 Å². The normalized spacial score (nSPS) is 11.7. The molecule has 0 aliphatic heterocycles. The van der Waals surface area contributed by atoms with Crippen LogP contribution in [0.3, 0.4) is 0 Å². The van der Waals surface area contributed by atoms with Crippen LogP contribution in [0, 0.1) is 0 Å². The van der Waals surface area contributed by atoms with Crippen LogP contribution in [0.15, 0.2) is 54.6 Å². The standard InChI is InChI=1S/C27H37NO4S/c1-2-3-4-5-6-7-8-9-15-20-33-21-24(27(30)31)28-26(29)23-18-13-14-19-25(23)32-22-16-11-10-12-17-22/h10-14,16-19,24H,2-9,15,20-21H2,1H3,(H,28,29)(H,30,31)/t24-/m0/s1. The molecule has 0 spiro atoms. The largest absolute Gasteiger partial charge is 0.480 e. The van der Waals surface area contributed by atoms with Gasteiger partial charge in [-0.15, -0.1) is 0 Å². The number of carboxylic acid groups (broad SMARTS) is 1. The molecule has 0 heterocycles. The van der Waals surface area contributed by atoms with E-state index in [0.717, 1.165) is 12.2 Å². The van der Waals surface area contributed by atoms with Crippen molar-refractivity contribution in [1.29, 1.82) is 0 Å². The highest BCUT2D eigenvalue weighted by Crippen LogP contribution is 2.25. The molecular formula is C27H37NO4S. The van der Waals surface area contributed by atoms with Crippen LogP contribution in [0.4, 0.5) is 0 Å². The second-order valence-electron chi connectivity index (χ2n) is 8.18. The summed E-state index contributed by atoms with van der Waals surface area (Å²) in [5.74, 6) is 0.793. The molecule has 0 radical (unpaired) electrons. The molecule has 2 rings (SSSR count). The zero-order valence-corrected chi connectivity index (χ0v) is 20.4. The molecule has 2 N–H and O–H groups in total. The smallest absolute Gasteiger partial charge is 0.327 e. The summed E-state index contributed by atoms with van der Waals surface area (Å²) in [6.07, 6.45) is 11.4. The SMILES string of the molecule is CCCCCCCCCCCSC[C@H](NC(=O)c1ccccc1Oc1ccccc1)C(=O)O. The fourth-order valence-electron chi connectivity index (χ4n) is 3.49. The maximum absolute atomic E-state index is 12.8. The van der Waals surface area contributed by atoms with Gasteiger partial charge < -0.3 is 15.2 Å². The number of nitrogens with one attached hydrogen (secondary N) is 1. The van der Waals surface area contributed by atoms with Crippen LogP contribution in [0.2, 0.25) is 0 Å². The first-order valence-corrected chi connectivity index (χ1v) is 13.2. The molecule has 0 aromatic heterocycles. The molecule has 1 atom stereocenters. The number of para-hydroxylation sites is 2. The molecule has 6 heteroatoms. The van der Waals surface area contributed by atoms with E-state index in [9.17, 15) is 14.7 Å². The van der Waals surface area contributed by atoms with Gasteiger partial charge in [0.2, 0.25) is 0 Å². The average molecular weight is 472 g/mol. The Bertz CT molecular complexity index is 828. The Morgan fingerprint density at radius 1 is 0.879 bits per heavy atom. The fraction of sp³-hybridized carbons (Fsp3) is 0.481. The molecule has 0 aliphatic rings. The average Bonchev–Trinajstić information content (AvgIpc) is 2.82. The highest BCUT2D eigenvalue weighted by Gasteiger charge is 2.22. The molecule has 2 aromatic carbocycles. The number of carboxylic acids is 1. The Kier molecular flexibility index (Phi) is 13.1. The highest BCUT2D eigenvalue weighted by molar-refractivity contribution is 7.99. The van der Waals surface area contributed by atoms with Crippen molar-refractivity contribution in [3.8, 4) is 11.5 Å². The number of aliphatic carboxylic acids is 1. The molecule has 0 aliphatic carbocycles. The van der Waals surface area contributed by atoms with Crippen molar-refractivity contribution in [3.05, 3.63) is 60.2 Å². The number of unbranched alkanes of at least 4 members (excludes halogenated alkanes) is 8. The lowest BCUT2D eigenvalue weighted by molar-refractivity contribution is -0.138. The molecular weight excluding hydrogens is 434 g/mol. The summed E-state index contributed by atoms with van der Waals surface area (Å²) in [6, 6.07) is 15.1. The Balaban J connectivity index is 1.74. The molecule has 0 saturated heterocycles. The van der Waals surface area contributed by atoms with Gasteiger partial charge >= 0.3 is 5.97 Å². The number of hydrogen-bond acceptors (Lipinski definition) is 4. The number of carbonyl (C=O) groups excluding carboxylic acids is 1. The third kappa shape index (κ3) is 10.8. The van der Waals surface area contributed by atoms with E-state index in [1.807, 2.05) is 18.2 Å². The first kappa shape index (κ1) is 26.8. The van der Waals surface area contributed by atoms with E-state index in [-0.39, 0.29) is 0 Å². The van der Waals surface area contributed by atoms with Crippen LogP contribution in [0.5, 0.6) is 11.5 Å². The molecule has 0 bridgehead atoms. The van der Waals surface area contributed by atoms with Gasteiger partial charge in [0, 0.05) is 5.75 Å². The van der Waals surface area contributed by atoms with Crippen molar-refractivity contribution in [3.63, 3.8) is 0 Å². The molecule has 0 fully saturated rings. The monoisotopic (exact) mass is 471 g/mol. The summed E-state index contributed by atoms with van der Waals surface area (Å²) in [5, 5.41) is 12.2. The number of thioether (sulfide) groups is 1. The molecule has 2 aromatic rings. The molecule has 33 heavy (non-hydrogen) atoms. The minimum atomic E-state index is -1.02. The van der Waals surface area contributed by atoms with E-state index in [1.54, 1.807) is 48.2 Å². The van der Waals surface area contributed by atoms with Crippen molar-refractivity contribution in [2.24, 2.45) is 0 Å². The van der Waals surface area contributed by atoms with Gasteiger partial charge in [0.1, 0.15) is 17.5 Å². The lowest BCUT2D eigenvalue weighted by atomic mass is 10.1. The van der Waals surface area contributed by atoms with Crippen LogP contribution in [-0.4, -0.2) is 34.5 Å². The number of amides is 1. The van der Waals surface area contributed by atoms with E-state index in [0.29, 0.717) is 22.8 Å². The molecule has 0 unspecified atom stereocenters. The van der Waals surface area contributed by atoms with Crippen LogP contribution < -0.4 is 10.1 Å². The number of ether oxygens (including phenoxy) is 1. The topological polar surface area (TPSA) is 75.6 Å². The first-order valence-electron chi connectivity index (χ1n) is 12.0. The predicted molar refractivity (Wildman–Crippen MR) is 136 cm³/mol. The van der Waals surface area contributed by atoms with Crippen LogP contribution in [0.25, 0.3) is 0 Å². The van der Waals surface area contributed by atoms with Crippen LogP contribution in [-0.2, 0) is 4.79 Å². The Labute approximate surface area is 202 Å². The summed E-state index contributed by atoms with van der Waals surface area (Å²) < 4.78 is 5.83. The fourth-order valence-corrected chi connectivity index (χ4v) is 4.52.